The van der Waals surface area contributed by atoms with Crippen molar-refractivity contribution in [2.24, 2.45) is 0 Å². The molecule has 0 saturated carbocycles. The first-order valence-corrected chi connectivity index (χ1v) is 9.07. The second-order valence-corrected chi connectivity index (χ2v) is 6.52. The van der Waals surface area contributed by atoms with Crippen molar-refractivity contribution in [3.05, 3.63) is 84.2 Å². The van der Waals surface area contributed by atoms with E-state index in [1.807, 2.05) is 66.5 Å². The maximum Gasteiger partial charge on any atom is 0.223 e. The molecule has 5 nitrogen and oxygen atoms in total. The van der Waals surface area contributed by atoms with Gasteiger partial charge in [0.25, 0.3) is 0 Å². The van der Waals surface area contributed by atoms with Crippen LogP contribution in [0.4, 0.5) is 0 Å². The van der Waals surface area contributed by atoms with E-state index >= 15 is 0 Å². The van der Waals surface area contributed by atoms with E-state index in [0.717, 1.165) is 16.9 Å². The first-order chi connectivity index (χ1) is 13.2. The molecule has 5 heteroatoms. The first kappa shape index (κ1) is 18.7. The summed E-state index contributed by atoms with van der Waals surface area (Å²) < 4.78 is 7.09. The van der Waals surface area contributed by atoms with Crippen molar-refractivity contribution in [3.63, 3.8) is 0 Å². The highest BCUT2D eigenvalue weighted by atomic mass is 16.5. The molecule has 0 aliphatic carbocycles. The number of rotatable bonds is 8. The number of methoxy groups -OCH3 is 1. The van der Waals surface area contributed by atoms with Crippen LogP contribution in [0.1, 0.15) is 23.5 Å². The molecule has 0 saturated heterocycles. The molecule has 0 N–H and O–H groups in total. The molecule has 0 aliphatic heterocycles. The Morgan fingerprint density at radius 1 is 1.07 bits per heavy atom. The summed E-state index contributed by atoms with van der Waals surface area (Å²) in [6.45, 7) is 1.32. The largest absolute Gasteiger partial charge is 0.497 e. The molecule has 1 unspecified atom stereocenters. The van der Waals surface area contributed by atoms with E-state index in [9.17, 15) is 4.79 Å². The van der Waals surface area contributed by atoms with E-state index in [1.54, 1.807) is 18.2 Å². The van der Waals surface area contributed by atoms with Crippen LogP contribution in [0.3, 0.4) is 0 Å². The van der Waals surface area contributed by atoms with Crippen molar-refractivity contribution >= 4 is 5.91 Å². The fourth-order valence-corrected chi connectivity index (χ4v) is 3.09. The van der Waals surface area contributed by atoms with Gasteiger partial charge in [-0.2, -0.15) is 5.10 Å². The number of aromatic nitrogens is 2. The molecule has 0 bridgehead atoms. The van der Waals surface area contributed by atoms with Crippen molar-refractivity contribution in [2.45, 2.75) is 18.9 Å². The number of carbonyl (C=O) groups is 1. The van der Waals surface area contributed by atoms with E-state index in [4.69, 9.17) is 4.74 Å². The molecule has 27 heavy (non-hydrogen) atoms. The third-order valence-corrected chi connectivity index (χ3v) is 4.75. The lowest BCUT2D eigenvalue weighted by atomic mass is 9.88. The molecule has 1 amide bonds. The van der Waals surface area contributed by atoms with Crippen LogP contribution in [-0.2, 0) is 11.3 Å². The van der Waals surface area contributed by atoms with Gasteiger partial charge in [-0.3, -0.25) is 9.48 Å². The number of benzene rings is 2. The molecule has 2 aromatic carbocycles. The zero-order valence-corrected chi connectivity index (χ0v) is 15.8. The van der Waals surface area contributed by atoms with E-state index < -0.39 is 0 Å². The van der Waals surface area contributed by atoms with Gasteiger partial charge < -0.3 is 9.64 Å². The minimum Gasteiger partial charge on any atom is -0.497 e. The molecule has 140 valence electrons. The highest BCUT2D eigenvalue weighted by Crippen LogP contribution is 2.29. The fourth-order valence-electron chi connectivity index (χ4n) is 3.09. The molecule has 3 rings (SSSR count). The maximum atomic E-state index is 12.9. The number of amides is 1. The molecular weight excluding hydrogens is 338 g/mol. The number of likely N-dealkylation sites (N-methyl/N-ethyl adjacent to an activating group) is 1. The molecule has 1 atom stereocenters. The second kappa shape index (κ2) is 9.03. The summed E-state index contributed by atoms with van der Waals surface area (Å²) in [5.41, 5.74) is 2.24. The van der Waals surface area contributed by atoms with Crippen LogP contribution in [0.25, 0.3) is 0 Å². The van der Waals surface area contributed by atoms with Gasteiger partial charge in [0.05, 0.1) is 13.7 Å². The normalized spacial score (nSPS) is 11.8. The highest BCUT2D eigenvalue weighted by Gasteiger charge is 2.20. The Hall–Kier alpha value is -3.08. The van der Waals surface area contributed by atoms with Crippen molar-refractivity contribution in [2.75, 3.05) is 20.7 Å². The van der Waals surface area contributed by atoms with Crippen LogP contribution in [0.2, 0.25) is 0 Å². The zero-order valence-electron chi connectivity index (χ0n) is 15.8. The fraction of sp³-hybridized carbons (Fsp3) is 0.273. The number of hydrogen-bond donors (Lipinski definition) is 0. The monoisotopic (exact) mass is 363 g/mol. The first-order valence-electron chi connectivity index (χ1n) is 9.07. The lowest BCUT2D eigenvalue weighted by Gasteiger charge is -2.22. The number of ether oxygens (including phenoxy) is 1. The molecule has 0 fully saturated rings. The van der Waals surface area contributed by atoms with Crippen molar-refractivity contribution in [1.82, 2.24) is 14.7 Å². The van der Waals surface area contributed by atoms with Crippen LogP contribution >= 0.6 is 0 Å². The summed E-state index contributed by atoms with van der Waals surface area (Å²) >= 11 is 0. The lowest BCUT2D eigenvalue weighted by molar-refractivity contribution is -0.130. The van der Waals surface area contributed by atoms with Crippen LogP contribution in [0.5, 0.6) is 5.75 Å². The van der Waals surface area contributed by atoms with Gasteiger partial charge in [0.2, 0.25) is 5.91 Å². The van der Waals surface area contributed by atoms with Gasteiger partial charge in [0.1, 0.15) is 5.75 Å². The van der Waals surface area contributed by atoms with Crippen LogP contribution in [0, 0.1) is 0 Å². The standard InChI is InChI=1S/C22H25N3O2/c1-24(15-16-25-14-6-13-23-25)22(26)17-21(18-7-4-3-5-8-18)19-9-11-20(27-2)12-10-19/h3-14,21H,15-17H2,1-2H3. The van der Waals surface area contributed by atoms with E-state index in [-0.39, 0.29) is 11.8 Å². The van der Waals surface area contributed by atoms with E-state index in [0.29, 0.717) is 19.5 Å². The number of hydrogen-bond acceptors (Lipinski definition) is 3. The zero-order chi connectivity index (χ0) is 19.1. The molecule has 0 spiro atoms. The van der Waals surface area contributed by atoms with Gasteiger partial charge in [0.15, 0.2) is 0 Å². The molecule has 3 aromatic rings. The van der Waals surface area contributed by atoms with Crippen molar-refractivity contribution in [3.8, 4) is 5.75 Å². The Kier molecular flexibility index (Phi) is 6.26. The molecule has 1 aromatic heterocycles. The summed E-state index contributed by atoms with van der Waals surface area (Å²) in [6, 6.07) is 20.0. The summed E-state index contributed by atoms with van der Waals surface area (Å²) in [6.07, 6.45) is 4.07. The summed E-state index contributed by atoms with van der Waals surface area (Å²) in [4.78, 5) is 14.6. The Morgan fingerprint density at radius 2 is 1.78 bits per heavy atom. The second-order valence-electron chi connectivity index (χ2n) is 6.52. The molecular formula is C22H25N3O2. The lowest BCUT2D eigenvalue weighted by Crippen LogP contribution is -2.31. The van der Waals surface area contributed by atoms with Gasteiger partial charge in [-0.05, 0) is 29.3 Å². The minimum atomic E-state index is 0.0109. The van der Waals surface area contributed by atoms with Crippen LogP contribution in [0.15, 0.2) is 73.1 Å². The predicted octanol–water partition coefficient (Wildman–Crippen LogP) is 3.57. The summed E-state index contributed by atoms with van der Waals surface area (Å²) in [5.74, 6) is 0.941. The highest BCUT2D eigenvalue weighted by molar-refractivity contribution is 5.77. The smallest absolute Gasteiger partial charge is 0.223 e. The Balaban J connectivity index is 1.73. The molecule has 0 radical (unpaired) electrons. The average Bonchev–Trinajstić information content (AvgIpc) is 3.24. The van der Waals surface area contributed by atoms with Crippen LogP contribution in [-0.4, -0.2) is 41.3 Å². The molecule has 0 aliphatic rings. The topological polar surface area (TPSA) is 47.4 Å². The van der Waals surface area contributed by atoms with Gasteiger partial charge in [0, 0.05) is 38.3 Å². The average molecular weight is 363 g/mol. The van der Waals surface area contributed by atoms with E-state index in [1.165, 1.54) is 0 Å². The predicted molar refractivity (Wildman–Crippen MR) is 106 cm³/mol. The summed E-state index contributed by atoms with van der Waals surface area (Å²) in [5, 5.41) is 4.19. The number of carbonyl (C=O) groups excluding carboxylic acids is 1. The van der Waals surface area contributed by atoms with Gasteiger partial charge in [-0.1, -0.05) is 42.5 Å². The van der Waals surface area contributed by atoms with Crippen LogP contribution < -0.4 is 4.74 Å². The Labute approximate surface area is 160 Å². The van der Waals surface area contributed by atoms with Gasteiger partial charge in [-0.25, -0.2) is 0 Å². The quantitative estimate of drug-likeness (QED) is 0.615. The van der Waals surface area contributed by atoms with Crippen molar-refractivity contribution in [1.29, 1.82) is 0 Å². The number of nitrogens with zero attached hydrogens (tertiary/aromatic N) is 3. The third-order valence-electron chi connectivity index (χ3n) is 4.75. The third kappa shape index (κ3) is 4.97. The summed E-state index contributed by atoms with van der Waals surface area (Å²) in [7, 11) is 3.50. The maximum absolute atomic E-state index is 12.9. The van der Waals surface area contributed by atoms with Crippen molar-refractivity contribution < 1.29 is 9.53 Å². The Bertz CT molecular complexity index is 830. The Morgan fingerprint density at radius 3 is 2.41 bits per heavy atom. The molecule has 1 heterocycles. The minimum absolute atomic E-state index is 0.0109. The SMILES string of the molecule is COc1ccc(C(CC(=O)N(C)CCn2cccn2)c2ccccc2)cc1. The van der Waals surface area contributed by atoms with Gasteiger partial charge in [-0.15, -0.1) is 0 Å². The van der Waals surface area contributed by atoms with E-state index in [2.05, 4.69) is 17.2 Å². The van der Waals surface area contributed by atoms with Gasteiger partial charge >= 0.3 is 0 Å².